The number of nitrogens with zero attached hydrogens (tertiary/aromatic N) is 1. The lowest BCUT2D eigenvalue weighted by atomic mass is 10.2. The molecule has 0 atom stereocenters. The normalized spacial score (nSPS) is 10.4. The molecule has 2 aromatic rings. The van der Waals surface area contributed by atoms with Crippen LogP contribution in [0.2, 0.25) is 5.02 Å². The van der Waals surface area contributed by atoms with E-state index < -0.39 is 5.97 Å². The highest BCUT2D eigenvalue weighted by Crippen LogP contribution is 2.21. The third-order valence-electron chi connectivity index (χ3n) is 2.07. The molecule has 0 saturated carbocycles. The predicted octanol–water partition coefficient (Wildman–Crippen LogP) is 1.36. The summed E-state index contributed by atoms with van der Waals surface area (Å²) in [4.78, 5) is 28.8. The number of H-pyrrole nitrogens is 1. The molecule has 0 bridgehead atoms. The third kappa shape index (κ3) is 1.77. The molecule has 0 aliphatic heterocycles. The number of benzene rings is 1. The van der Waals surface area contributed by atoms with Gasteiger partial charge in [-0.1, -0.05) is 11.6 Å². The summed E-state index contributed by atoms with van der Waals surface area (Å²) in [6.45, 7) is 0. The molecule has 0 saturated heterocycles. The van der Waals surface area contributed by atoms with E-state index in [1.54, 1.807) is 0 Å². The van der Waals surface area contributed by atoms with Gasteiger partial charge in [0.05, 0.1) is 34.9 Å². The fraction of sp³-hybridized carbons (Fsp3) is 0.100. The minimum Gasteiger partial charge on any atom is -0.465 e. The molecular formula is C10H7ClN2O3. The lowest BCUT2D eigenvalue weighted by Gasteiger charge is -2.03. The summed E-state index contributed by atoms with van der Waals surface area (Å²) in [6, 6.07) is 2.94. The maximum Gasteiger partial charge on any atom is 0.339 e. The van der Waals surface area contributed by atoms with Gasteiger partial charge in [-0.15, -0.1) is 0 Å². The molecule has 16 heavy (non-hydrogen) atoms. The molecule has 0 amide bonds. The van der Waals surface area contributed by atoms with Crippen molar-refractivity contribution in [2.45, 2.75) is 0 Å². The lowest BCUT2D eigenvalue weighted by Crippen LogP contribution is -2.07. The predicted molar refractivity (Wildman–Crippen MR) is 58.7 cm³/mol. The van der Waals surface area contributed by atoms with Gasteiger partial charge < -0.3 is 9.72 Å². The molecule has 0 unspecified atom stereocenters. The molecule has 1 N–H and O–H groups in total. The number of methoxy groups -OCH3 is 1. The molecule has 0 aliphatic carbocycles. The van der Waals surface area contributed by atoms with E-state index >= 15 is 0 Å². The van der Waals surface area contributed by atoms with Crippen LogP contribution in [-0.2, 0) is 4.74 Å². The average molecular weight is 239 g/mol. The molecule has 82 valence electrons. The van der Waals surface area contributed by atoms with Crippen molar-refractivity contribution in [2.24, 2.45) is 0 Å². The second-order valence-electron chi connectivity index (χ2n) is 3.09. The number of rotatable bonds is 1. The number of ether oxygens (including phenoxy) is 1. The van der Waals surface area contributed by atoms with Crippen molar-refractivity contribution in [1.82, 2.24) is 9.97 Å². The maximum atomic E-state index is 11.3. The Labute approximate surface area is 95.0 Å². The van der Waals surface area contributed by atoms with Gasteiger partial charge >= 0.3 is 5.97 Å². The highest BCUT2D eigenvalue weighted by Gasteiger charge is 2.12. The van der Waals surface area contributed by atoms with Crippen LogP contribution >= 0.6 is 11.6 Å². The van der Waals surface area contributed by atoms with Crippen molar-refractivity contribution in [3.05, 3.63) is 39.3 Å². The van der Waals surface area contributed by atoms with Crippen LogP contribution in [0.4, 0.5) is 0 Å². The molecule has 6 heteroatoms. The minimum atomic E-state index is -0.559. The van der Waals surface area contributed by atoms with E-state index in [1.165, 1.54) is 19.2 Å². The maximum absolute atomic E-state index is 11.3. The average Bonchev–Trinajstić information content (AvgIpc) is 2.28. The van der Waals surface area contributed by atoms with E-state index in [-0.39, 0.29) is 16.1 Å². The second kappa shape index (κ2) is 3.94. The van der Waals surface area contributed by atoms with Crippen LogP contribution in [0.5, 0.6) is 0 Å². The topological polar surface area (TPSA) is 72.1 Å². The Kier molecular flexibility index (Phi) is 2.62. The van der Waals surface area contributed by atoms with Gasteiger partial charge in [-0.05, 0) is 12.1 Å². The number of carbonyl (C=O) groups is 1. The van der Waals surface area contributed by atoms with Crippen molar-refractivity contribution in [1.29, 1.82) is 0 Å². The number of carbonyl (C=O) groups excluding carboxylic acids is 1. The molecule has 0 fully saturated rings. The van der Waals surface area contributed by atoms with Gasteiger partial charge in [0.15, 0.2) is 0 Å². The summed E-state index contributed by atoms with van der Waals surface area (Å²) in [6.07, 6.45) is 1.15. The Balaban J connectivity index is 2.73. The van der Waals surface area contributed by atoms with Gasteiger partial charge in [0.1, 0.15) is 0 Å². The number of hydrogen-bond acceptors (Lipinski definition) is 4. The summed E-state index contributed by atoms with van der Waals surface area (Å²) in [5.41, 5.74) is 0.806. The Bertz CT molecular complexity index is 621. The van der Waals surface area contributed by atoms with Crippen LogP contribution in [0.25, 0.3) is 11.0 Å². The number of aromatic amines is 1. The van der Waals surface area contributed by atoms with Crippen molar-refractivity contribution in [3.63, 3.8) is 0 Å². The zero-order chi connectivity index (χ0) is 11.7. The van der Waals surface area contributed by atoms with Crippen LogP contribution in [0.3, 0.4) is 0 Å². The lowest BCUT2D eigenvalue weighted by molar-refractivity contribution is 0.0601. The van der Waals surface area contributed by atoms with Crippen LogP contribution in [0.15, 0.2) is 23.1 Å². The van der Waals surface area contributed by atoms with E-state index in [9.17, 15) is 9.59 Å². The summed E-state index contributed by atoms with van der Waals surface area (Å²) < 4.78 is 4.56. The first-order valence-electron chi connectivity index (χ1n) is 4.38. The quantitative estimate of drug-likeness (QED) is 0.762. The van der Waals surface area contributed by atoms with E-state index in [0.29, 0.717) is 11.0 Å². The second-order valence-corrected chi connectivity index (χ2v) is 3.50. The van der Waals surface area contributed by atoms with Crippen LogP contribution in [0.1, 0.15) is 10.4 Å². The van der Waals surface area contributed by atoms with Crippen molar-refractivity contribution in [2.75, 3.05) is 7.11 Å². The van der Waals surface area contributed by atoms with Crippen LogP contribution < -0.4 is 5.56 Å². The number of halogens is 1. The molecule has 0 radical (unpaired) electrons. The highest BCUT2D eigenvalue weighted by molar-refractivity contribution is 6.34. The van der Waals surface area contributed by atoms with Crippen molar-refractivity contribution >= 4 is 28.6 Å². The molecule has 1 heterocycles. The molecule has 0 aliphatic rings. The zero-order valence-corrected chi connectivity index (χ0v) is 9.04. The summed E-state index contributed by atoms with van der Waals surface area (Å²) in [5, 5.41) is 0.235. The Morgan fingerprint density at radius 2 is 2.25 bits per heavy atom. The molecule has 2 rings (SSSR count). The fourth-order valence-corrected chi connectivity index (χ4v) is 1.56. The summed E-state index contributed by atoms with van der Waals surface area (Å²) >= 11 is 5.88. The largest absolute Gasteiger partial charge is 0.465 e. The fourth-order valence-electron chi connectivity index (χ4n) is 1.33. The van der Waals surface area contributed by atoms with Crippen molar-refractivity contribution in [3.8, 4) is 0 Å². The van der Waals surface area contributed by atoms with Gasteiger partial charge in [-0.2, -0.15) is 0 Å². The van der Waals surface area contributed by atoms with Gasteiger partial charge in [-0.25, -0.2) is 9.78 Å². The smallest absolute Gasteiger partial charge is 0.339 e. The molecule has 5 nitrogen and oxygen atoms in total. The first kappa shape index (κ1) is 10.6. The van der Waals surface area contributed by atoms with E-state index in [1.807, 2.05) is 0 Å². The Hall–Kier alpha value is -1.88. The standard InChI is InChI=1S/C10H7ClN2O3/c1-16-10(15)5-2-8-7(3-6(5)11)12-4-9(14)13-8/h2-4H,1H3,(H,13,14). The summed E-state index contributed by atoms with van der Waals surface area (Å²) in [7, 11) is 1.26. The van der Waals surface area contributed by atoms with E-state index in [4.69, 9.17) is 11.6 Å². The Morgan fingerprint density at radius 1 is 1.50 bits per heavy atom. The van der Waals surface area contributed by atoms with Crippen LogP contribution in [0, 0.1) is 0 Å². The first-order chi connectivity index (χ1) is 7.61. The highest BCUT2D eigenvalue weighted by atomic mass is 35.5. The zero-order valence-electron chi connectivity index (χ0n) is 8.28. The third-order valence-corrected chi connectivity index (χ3v) is 2.38. The SMILES string of the molecule is COC(=O)c1cc2[nH]c(=O)cnc2cc1Cl. The van der Waals surface area contributed by atoms with E-state index in [2.05, 4.69) is 14.7 Å². The van der Waals surface area contributed by atoms with Gasteiger partial charge in [-0.3, -0.25) is 4.79 Å². The molecular weight excluding hydrogens is 232 g/mol. The number of hydrogen-bond donors (Lipinski definition) is 1. The van der Waals surface area contributed by atoms with Crippen molar-refractivity contribution < 1.29 is 9.53 Å². The number of fused-ring (bicyclic) bond motifs is 1. The molecule has 0 spiro atoms. The minimum absolute atomic E-state index is 0.195. The van der Waals surface area contributed by atoms with Gasteiger partial charge in [0, 0.05) is 0 Å². The number of esters is 1. The Morgan fingerprint density at radius 3 is 2.94 bits per heavy atom. The van der Waals surface area contributed by atoms with Gasteiger partial charge in [0.2, 0.25) is 0 Å². The first-order valence-corrected chi connectivity index (χ1v) is 4.76. The molecule has 1 aromatic heterocycles. The molecule has 1 aromatic carbocycles. The monoisotopic (exact) mass is 238 g/mol. The number of aromatic nitrogens is 2. The summed E-state index contributed by atoms with van der Waals surface area (Å²) in [5.74, 6) is -0.559. The van der Waals surface area contributed by atoms with E-state index in [0.717, 1.165) is 6.20 Å². The number of nitrogens with one attached hydrogen (secondary N) is 1. The van der Waals surface area contributed by atoms with Crippen LogP contribution in [-0.4, -0.2) is 23.0 Å². The van der Waals surface area contributed by atoms with Gasteiger partial charge in [0.25, 0.3) is 5.56 Å².